The van der Waals surface area contributed by atoms with Gasteiger partial charge in [0.15, 0.2) is 0 Å². The first-order chi connectivity index (χ1) is 12.5. The fourth-order valence-electron chi connectivity index (χ4n) is 2.79. The van der Waals surface area contributed by atoms with E-state index in [0.717, 1.165) is 17.1 Å². The van der Waals surface area contributed by atoms with E-state index >= 15 is 0 Å². The fraction of sp³-hybridized carbons (Fsp3) is 0.200. The molecule has 0 spiro atoms. The molecular formula is C20H21FN4O. The number of carbonyl (C=O) groups is 1. The molecule has 0 aliphatic heterocycles. The number of aryl methyl sites for hydroxylation is 2. The van der Waals surface area contributed by atoms with Crippen molar-refractivity contribution >= 4 is 11.7 Å². The molecule has 1 heterocycles. The van der Waals surface area contributed by atoms with Gasteiger partial charge in [-0.15, -0.1) is 0 Å². The molecule has 0 aliphatic carbocycles. The van der Waals surface area contributed by atoms with Crippen molar-refractivity contribution < 1.29 is 9.18 Å². The largest absolute Gasteiger partial charge is 0.338 e. The molecule has 0 fully saturated rings. The van der Waals surface area contributed by atoms with Gasteiger partial charge >= 0.3 is 6.03 Å². The number of nitrogens with one attached hydrogen (secondary N) is 2. The van der Waals surface area contributed by atoms with Gasteiger partial charge in [0.1, 0.15) is 5.82 Å². The van der Waals surface area contributed by atoms with Crippen LogP contribution in [0.3, 0.4) is 0 Å². The minimum atomic E-state index is -0.327. The standard InChI is InChI=1S/C20H21FN4O/c1-14-12-15(2)25(24-14)18-8-5-7-17(13-18)23-20(26)22-11-10-16-6-3-4-9-19(16)21/h3-9,12-13H,10-11H2,1-2H3,(H2,22,23,26). The van der Waals surface area contributed by atoms with Crippen LogP contribution in [0.25, 0.3) is 5.69 Å². The molecule has 2 amide bonds. The number of halogens is 1. The molecule has 0 radical (unpaired) electrons. The van der Waals surface area contributed by atoms with Gasteiger partial charge in [0.25, 0.3) is 0 Å². The number of aromatic nitrogens is 2. The van der Waals surface area contributed by atoms with Gasteiger partial charge in [0.05, 0.1) is 11.4 Å². The van der Waals surface area contributed by atoms with E-state index in [0.29, 0.717) is 24.2 Å². The van der Waals surface area contributed by atoms with Gasteiger partial charge in [0, 0.05) is 17.9 Å². The highest BCUT2D eigenvalue weighted by molar-refractivity contribution is 5.89. The van der Waals surface area contributed by atoms with Crippen LogP contribution < -0.4 is 10.6 Å². The van der Waals surface area contributed by atoms with Crippen LogP contribution in [-0.4, -0.2) is 22.4 Å². The lowest BCUT2D eigenvalue weighted by Gasteiger charge is -2.10. The molecule has 2 N–H and O–H groups in total. The van der Waals surface area contributed by atoms with E-state index in [4.69, 9.17) is 0 Å². The van der Waals surface area contributed by atoms with Crippen molar-refractivity contribution in [2.24, 2.45) is 0 Å². The Morgan fingerprint density at radius 3 is 2.65 bits per heavy atom. The molecule has 6 heteroatoms. The third-order valence-electron chi connectivity index (χ3n) is 4.00. The SMILES string of the molecule is Cc1cc(C)n(-c2cccc(NC(=O)NCCc3ccccc3F)c2)n1. The number of carbonyl (C=O) groups excluding carboxylic acids is 1. The molecule has 1 aromatic heterocycles. The van der Waals surface area contributed by atoms with Crippen molar-refractivity contribution in [2.45, 2.75) is 20.3 Å². The van der Waals surface area contributed by atoms with Gasteiger partial charge in [-0.2, -0.15) is 5.10 Å². The third-order valence-corrected chi connectivity index (χ3v) is 4.00. The summed E-state index contributed by atoms with van der Waals surface area (Å²) >= 11 is 0. The van der Waals surface area contributed by atoms with Crippen molar-refractivity contribution in [3.8, 4) is 5.69 Å². The Hall–Kier alpha value is -3.15. The second-order valence-corrected chi connectivity index (χ2v) is 6.11. The summed E-state index contributed by atoms with van der Waals surface area (Å²) in [4.78, 5) is 12.1. The quantitative estimate of drug-likeness (QED) is 0.729. The average Bonchev–Trinajstić information content (AvgIpc) is 2.95. The molecular weight excluding hydrogens is 331 g/mol. The van der Waals surface area contributed by atoms with Crippen LogP contribution in [0.2, 0.25) is 0 Å². The zero-order valence-electron chi connectivity index (χ0n) is 14.8. The minimum Gasteiger partial charge on any atom is -0.338 e. The predicted molar refractivity (Wildman–Crippen MR) is 100 cm³/mol. The zero-order chi connectivity index (χ0) is 18.5. The van der Waals surface area contributed by atoms with Crippen LogP contribution in [0.15, 0.2) is 54.6 Å². The molecule has 0 unspecified atom stereocenters. The van der Waals surface area contributed by atoms with E-state index in [1.54, 1.807) is 18.2 Å². The average molecular weight is 352 g/mol. The Morgan fingerprint density at radius 2 is 1.92 bits per heavy atom. The molecule has 2 aromatic carbocycles. The summed E-state index contributed by atoms with van der Waals surface area (Å²) in [5.41, 5.74) is 4.08. The van der Waals surface area contributed by atoms with Crippen molar-refractivity contribution in [1.29, 1.82) is 0 Å². The minimum absolute atomic E-state index is 0.257. The Labute approximate surface area is 151 Å². The summed E-state index contributed by atoms with van der Waals surface area (Å²) in [6, 6.07) is 15.7. The maximum atomic E-state index is 13.6. The van der Waals surface area contributed by atoms with Crippen LogP contribution >= 0.6 is 0 Å². The van der Waals surface area contributed by atoms with Gasteiger partial charge < -0.3 is 10.6 Å². The van der Waals surface area contributed by atoms with Gasteiger partial charge in [0.2, 0.25) is 0 Å². The molecule has 0 bridgehead atoms. The second kappa shape index (κ2) is 7.82. The molecule has 0 saturated carbocycles. The first-order valence-corrected chi connectivity index (χ1v) is 8.45. The van der Waals surface area contributed by atoms with Crippen LogP contribution in [0.1, 0.15) is 17.0 Å². The van der Waals surface area contributed by atoms with E-state index in [1.807, 2.05) is 48.9 Å². The lowest BCUT2D eigenvalue weighted by atomic mass is 10.1. The van der Waals surface area contributed by atoms with Crippen LogP contribution in [0, 0.1) is 19.7 Å². The molecule has 0 aliphatic rings. The number of amides is 2. The number of urea groups is 1. The highest BCUT2D eigenvalue weighted by Gasteiger charge is 2.07. The maximum Gasteiger partial charge on any atom is 0.319 e. The Balaban J connectivity index is 1.59. The van der Waals surface area contributed by atoms with Gasteiger partial charge in [-0.25, -0.2) is 13.9 Å². The first-order valence-electron chi connectivity index (χ1n) is 8.45. The van der Waals surface area contributed by atoms with Crippen LogP contribution in [0.4, 0.5) is 14.9 Å². The number of anilines is 1. The lowest BCUT2D eigenvalue weighted by Crippen LogP contribution is -2.30. The number of hydrogen-bond donors (Lipinski definition) is 2. The van der Waals surface area contributed by atoms with Crippen molar-refractivity contribution in [3.63, 3.8) is 0 Å². The van der Waals surface area contributed by atoms with E-state index in [2.05, 4.69) is 15.7 Å². The van der Waals surface area contributed by atoms with Gasteiger partial charge in [-0.3, -0.25) is 0 Å². The summed E-state index contributed by atoms with van der Waals surface area (Å²) in [5.74, 6) is -0.257. The van der Waals surface area contributed by atoms with E-state index in [-0.39, 0.29) is 11.8 Å². The third kappa shape index (κ3) is 4.27. The number of nitrogens with zero attached hydrogens (tertiary/aromatic N) is 2. The van der Waals surface area contributed by atoms with Crippen molar-refractivity contribution in [3.05, 3.63) is 77.4 Å². The first kappa shape index (κ1) is 17.7. The molecule has 5 nitrogen and oxygen atoms in total. The molecule has 0 atom stereocenters. The molecule has 0 saturated heterocycles. The maximum absolute atomic E-state index is 13.6. The highest BCUT2D eigenvalue weighted by Crippen LogP contribution is 2.16. The summed E-state index contributed by atoms with van der Waals surface area (Å²) in [5, 5.41) is 9.98. The smallest absolute Gasteiger partial charge is 0.319 e. The molecule has 134 valence electrons. The van der Waals surface area contributed by atoms with Gasteiger partial charge in [-0.1, -0.05) is 24.3 Å². The number of rotatable bonds is 5. The monoisotopic (exact) mass is 352 g/mol. The second-order valence-electron chi connectivity index (χ2n) is 6.11. The Kier molecular flexibility index (Phi) is 5.31. The number of benzene rings is 2. The summed E-state index contributed by atoms with van der Waals surface area (Å²) in [6.07, 6.45) is 0.436. The molecule has 3 aromatic rings. The summed E-state index contributed by atoms with van der Waals surface area (Å²) < 4.78 is 15.4. The lowest BCUT2D eigenvalue weighted by molar-refractivity contribution is 0.252. The predicted octanol–water partition coefficient (Wildman–Crippen LogP) is 3.99. The zero-order valence-corrected chi connectivity index (χ0v) is 14.8. The molecule has 26 heavy (non-hydrogen) atoms. The highest BCUT2D eigenvalue weighted by atomic mass is 19.1. The topological polar surface area (TPSA) is 59.0 Å². The van der Waals surface area contributed by atoms with Crippen molar-refractivity contribution in [2.75, 3.05) is 11.9 Å². The summed E-state index contributed by atoms with van der Waals surface area (Å²) in [6.45, 7) is 4.27. The van der Waals surface area contributed by atoms with Gasteiger partial charge in [-0.05, 0) is 56.2 Å². The molecule has 3 rings (SSSR count). The summed E-state index contributed by atoms with van der Waals surface area (Å²) in [7, 11) is 0. The Morgan fingerprint density at radius 1 is 1.12 bits per heavy atom. The van der Waals surface area contributed by atoms with Crippen LogP contribution in [0.5, 0.6) is 0 Å². The fourth-order valence-corrected chi connectivity index (χ4v) is 2.79. The van der Waals surface area contributed by atoms with Crippen LogP contribution in [-0.2, 0) is 6.42 Å². The van der Waals surface area contributed by atoms with E-state index in [9.17, 15) is 9.18 Å². The number of hydrogen-bond acceptors (Lipinski definition) is 2. The Bertz CT molecular complexity index is 920. The normalized spacial score (nSPS) is 10.6. The van der Waals surface area contributed by atoms with Crippen molar-refractivity contribution in [1.82, 2.24) is 15.1 Å². The van der Waals surface area contributed by atoms with E-state index in [1.165, 1.54) is 6.07 Å². The van der Waals surface area contributed by atoms with E-state index < -0.39 is 0 Å².